The normalized spacial score (nSPS) is 29.1. The lowest BCUT2D eigenvalue weighted by molar-refractivity contribution is -0.127. The zero-order chi connectivity index (χ0) is 15.2. The summed E-state index contributed by atoms with van der Waals surface area (Å²) in [6, 6.07) is -1.03. The fraction of sp³-hybridized carbons (Fsp3) is 0.875. The van der Waals surface area contributed by atoms with Crippen molar-refractivity contribution in [2.24, 2.45) is 11.7 Å². The standard InChI is InChI=1S/C16H28N2O3/c1-2-14-15(13(19)10-21-14)18-16(20)12(17)9-11-7-5-3-4-6-8-11/h11-12,14-15H,2-10,17H2,1H3,(H,18,20)/t12-,14-,15+/m0/s1. The number of amides is 1. The number of Topliss-reactive ketones (excluding diaryl/α,β-unsaturated/α-hetero) is 1. The lowest BCUT2D eigenvalue weighted by Crippen LogP contribution is -2.51. The molecule has 0 spiro atoms. The van der Waals surface area contributed by atoms with Crippen LogP contribution < -0.4 is 11.1 Å². The molecule has 1 saturated heterocycles. The van der Waals surface area contributed by atoms with E-state index in [2.05, 4.69) is 5.32 Å². The number of carbonyl (C=O) groups is 2. The Labute approximate surface area is 127 Å². The number of rotatable bonds is 5. The third kappa shape index (κ3) is 4.51. The second kappa shape index (κ2) is 7.90. The van der Waals surface area contributed by atoms with Crippen molar-refractivity contribution < 1.29 is 14.3 Å². The van der Waals surface area contributed by atoms with Crippen molar-refractivity contribution in [2.75, 3.05) is 6.61 Å². The maximum Gasteiger partial charge on any atom is 0.237 e. The molecule has 120 valence electrons. The average molecular weight is 296 g/mol. The highest BCUT2D eigenvalue weighted by Crippen LogP contribution is 2.26. The minimum atomic E-state index is -0.515. The predicted molar refractivity (Wildman–Crippen MR) is 80.8 cm³/mol. The first-order valence-electron chi connectivity index (χ1n) is 8.32. The molecule has 5 nitrogen and oxygen atoms in total. The van der Waals surface area contributed by atoms with Crippen LogP contribution in [0.1, 0.15) is 58.3 Å². The number of ether oxygens (including phenoxy) is 1. The van der Waals surface area contributed by atoms with Crippen molar-refractivity contribution in [3.8, 4) is 0 Å². The van der Waals surface area contributed by atoms with E-state index in [0.717, 1.165) is 6.42 Å². The topological polar surface area (TPSA) is 81.4 Å². The smallest absolute Gasteiger partial charge is 0.237 e. The van der Waals surface area contributed by atoms with Gasteiger partial charge in [-0.1, -0.05) is 45.4 Å². The molecule has 0 aromatic rings. The van der Waals surface area contributed by atoms with E-state index in [4.69, 9.17) is 10.5 Å². The second-order valence-corrected chi connectivity index (χ2v) is 6.41. The van der Waals surface area contributed by atoms with Crippen molar-refractivity contribution in [2.45, 2.75) is 76.5 Å². The van der Waals surface area contributed by atoms with Gasteiger partial charge in [-0.3, -0.25) is 9.59 Å². The fourth-order valence-electron chi connectivity index (χ4n) is 3.44. The highest BCUT2D eigenvalue weighted by Gasteiger charge is 2.36. The summed E-state index contributed by atoms with van der Waals surface area (Å²) in [6.07, 6.45) is 8.66. The van der Waals surface area contributed by atoms with Gasteiger partial charge in [0.25, 0.3) is 0 Å². The Bertz CT molecular complexity index is 365. The predicted octanol–water partition coefficient (Wildman–Crippen LogP) is 1.54. The van der Waals surface area contributed by atoms with Gasteiger partial charge in [0.05, 0.1) is 12.1 Å². The molecular formula is C16H28N2O3. The Morgan fingerprint density at radius 2 is 2.00 bits per heavy atom. The summed E-state index contributed by atoms with van der Waals surface area (Å²) < 4.78 is 5.37. The molecule has 2 aliphatic rings. The molecule has 0 unspecified atom stereocenters. The molecular weight excluding hydrogens is 268 g/mol. The maximum absolute atomic E-state index is 12.2. The highest BCUT2D eigenvalue weighted by atomic mass is 16.5. The lowest BCUT2D eigenvalue weighted by atomic mass is 9.92. The Morgan fingerprint density at radius 1 is 1.33 bits per heavy atom. The molecule has 0 bridgehead atoms. The third-order valence-electron chi connectivity index (χ3n) is 4.76. The van der Waals surface area contributed by atoms with Gasteiger partial charge < -0.3 is 15.8 Å². The molecule has 1 saturated carbocycles. The molecule has 21 heavy (non-hydrogen) atoms. The van der Waals surface area contributed by atoms with Gasteiger partial charge in [0, 0.05) is 0 Å². The van der Waals surface area contributed by atoms with Gasteiger partial charge in [-0.05, 0) is 18.8 Å². The van der Waals surface area contributed by atoms with E-state index in [1.54, 1.807) is 0 Å². The summed E-state index contributed by atoms with van der Waals surface area (Å²) >= 11 is 0. The van der Waals surface area contributed by atoms with E-state index in [-0.39, 0.29) is 24.4 Å². The van der Waals surface area contributed by atoms with Gasteiger partial charge in [-0.2, -0.15) is 0 Å². The maximum atomic E-state index is 12.2. The van der Waals surface area contributed by atoms with Gasteiger partial charge in [-0.25, -0.2) is 0 Å². The molecule has 1 heterocycles. The van der Waals surface area contributed by atoms with Gasteiger partial charge in [0.15, 0.2) is 5.78 Å². The first-order chi connectivity index (χ1) is 10.1. The molecule has 1 amide bonds. The van der Waals surface area contributed by atoms with E-state index in [1.807, 2.05) is 6.92 Å². The van der Waals surface area contributed by atoms with Crippen LogP contribution in [-0.2, 0) is 14.3 Å². The summed E-state index contributed by atoms with van der Waals surface area (Å²) in [7, 11) is 0. The SMILES string of the molecule is CC[C@@H]1OCC(=O)[C@H]1NC(=O)[C@@H](N)CC1CCCCCC1. The number of nitrogens with two attached hydrogens (primary N) is 1. The zero-order valence-electron chi connectivity index (χ0n) is 13.0. The van der Waals surface area contributed by atoms with Gasteiger partial charge in [0.1, 0.15) is 12.6 Å². The molecule has 2 fully saturated rings. The molecule has 0 radical (unpaired) electrons. The molecule has 3 atom stereocenters. The Hall–Kier alpha value is -0.940. The fourth-order valence-corrected chi connectivity index (χ4v) is 3.44. The second-order valence-electron chi connectivity index (χ2n) is 6.41. The van der Waals surface area contributed by atoms with Crippen LogP contribution in [0.5, 0.6) is 0 Å². The van der Waals surface area contributed by atoms with E-state index in [9.17, 15) is 9.59 Å². The first-order valence-corrected chi connectivity index (χ1v) is 8.32. The average Bonchev–Trinajstić information content (AvgIpc) is 2.67. The summed E-state index contributed by atoms with van der Waals surface area (Å²) in [5.74, 6) is 0.296. The molecule has 3 N–H and O–H groups in total. The van der Waals surface area contributed by atoms with Crippen LogP contribution in [-0.4, -0.2) is 36.5 Å². The largest absolute Gasteiger partial charge is 0.368 e. The molecule has 2 rings (SSSR count). The van der Waals surface area contributed by atoms with Crippen molar-refractivity contribution in [1.82, 2.24) is 5.32 Å². The number of hydrogen-bond acceptors (Lipinski definition) is 4. The van der Waals surface area contributed by atoms with Crippen LogP contribution in [0.3, 0.4) is 0 Å². The number of nitrogens with one attached hydrogen (secondary N) is 1. The summed E-state index contributed by atoms with van der Waals surface area (Å²) in [4.78, 5) is 24.0. The van der Waals surface area contributed by atoms with Crippen LogP contribution in [0.25, 0.3) is 0 Å². The van der Waals surface area contributed by atoms with Crippen LogP contribution in [0.15, 0.2) is 0 Å². The number of hydrogen-bond donors (Lipinski definition) is 2. The molecule has 0 aromatic carbocycles. The Balaban J connectivity index is 1.82. The Kier molecular flexibility index (Phi) is 6.18. The van der Waals surface area contributed by atoms with E-state index < -0.39 is 12.1 Å². The number of carbonyl (C=O) groups excluding carboxylic acids is 2. The van der Waals surface area contributed by atoms with Gasteiger partial charge in [-0.15, -0.1) is 0 Å². The lowest BCUT2D eigenvalue weighted by Gasteiger charge is -2.22. The minimum Gasteiger partial charge on any atom is -0.368 e. The van der Waals surface area contributed by atoms with E-state index in [1.165, 1.54) is 38.5 Å². The van der Waals surface area contributed by atoms with Crippen molar-refractivity contribution >= 4 is 11.7 Å². The van der Waals surface area contributed by atoms with Gasteiger partial charge >= 0.3 is 0 Å². The van der Waals surface area contributed by atoms with E-state index in [0.29, 0.717) is 12.3 Å². The molecule has 1 aliphatic carbocycles. The third-order valence-corrected chi connectivity index (χ3v) is 4.76. The first kappa shape index (κ1) is 16.4. The molecule has 1 aliphatic heterocycles. The molecule has 0 aromatic heterocycles. The van der Waals surface area contributed by atoms with Crippen molar-refractivity contribution in [3.05, 3.63) is 0 Å². The van der Waals surface area contributed by atoms with Crippen molar-refractivity contribution in [1.29, 1.82) is 0 Å². The summed E-state index contributed by atoms with van der Waals surface area (Å²) in [5.41, 5.74) is 6.05. The van der Waals surface area contributed by atoms with Crippen LogP contribution in [0, 0.1) is 5.92 Å². The quantitative estimate of drug-likeness (QED) is 0.754. The summed E-state index contributed by atoms with van der Waals surface area (Å²) in [6.45, 7) is 2.05. The van der Waals surface area contributed by atoms with E-state index >= 15 is 0 Å². The summed E-state index contributed by atoms with van der Waals surface area (Å²) in [5, 5.41) is 2.80. The van der Waals surface area contributed by atoms with Crippen LogP contribution in [0.4, 0.5) is 0 Å². The van der Waals surface area contributed by atoms with Crippen LogP contribution >= 0.6 is 0 Å². The Morgan fingerprint density at radius 3 is 2.62 bits per heavy atom. The highest BCUT2D eigenvalue weighted by molar-refractivity contribution is 5.93. The van der Waals surface area contributed by atoms with Crippen LogP contribution in [0.2, 0.25) is 0 Å². The molecule has 5 heteroatoms. The minimum absolute atomic E-state index is 0.0446. The zero-order valence-corrected chi connectivity index (χ0v) is 13.0. The van der Waals surface area contributed by atoms with Crippen molar-refractivity contribution in [3.63, 3.8) is 0 Å². The monoisotopic (exact) mass is 296 g/mol. The number of ketones is 1. The van der Waals surface area contributed by atoms with Gasteiger partial charge in [0.2, 0.25) is 5.91 Å².